The van der Waals surface area contributed by atoms with Crippen molar-refractivity contribution in [3.8, 4) is 0 Å². The largest absolute Gasteiger partial charge is 0.280 e. The van der Waals surface area contributed by atoms with Gasteiger partial charge in [0.15, 0.2) is 0 Å². The molecule has 0 amide bonds. The minimum atomic E-state index is -4.02. The average Bonchev–Trinajstić information content (AvgIpc) is 2.19. The van der Waals surface area contributed by atoms with Crippen LogP contribution in [0, 0.1) is 5.82 Å². The lowest BCUT2D eigenvalue weighted by Gasteiger charge is -2.12. The molecule has 0 aliphatic carbocycles. The van der Waals surface area contributed by atoms with E-state index in [9.17, 15) is 21.2 Å². The minimum Gasteiger partial charge on any atom is -0.280 e. The van der Waals surface area contributed by atoms with E-state index in [0.29, 0.717) is 0 Å². The third kappa shape index (κ3) is 3.40. The Hall–Kier alpha value is -1.19. The summed E-state index contributed by atoms with van der Waals surface area (Å²) in [6.45, 7) is 2.81. The van der Waals surface area contributed by atoms with Crippen LogP contribution >= 0.6 is 0 Å². The van der Waals surface area contributed by atoms with Crippen molar-refractivity contribution in [2.75, 3.05) is 4.72 Å². The maximum Gasteiger partial charge on any atom is 0.238 e. The molecule has 0 saturated heterocycles. The Kier molecular flexibility index (Phi) is 3.99. The van der Waals surface area contributed by atoms with Gasteiger partial charge in [-0.1, -0.05) is 0 Å². The predicted octanol–water partition coefficient (Wildman–Crippen LogP) is 0.623. The molecule has 1 aromatic rings. The maximum absolute atomic E-state index is 13.4. The summed E-state index contributed by atoms with van der Waals surface area (Å²) in [6.07, 6.45) is 0. The molecular formula is C9H13FN2O4S2. The number of primary sulfonamides is 1. The number of hydrogen-bond donors (Lipinski definition) is 2. The highest BCUT2D eigenvalue weighted by Crippen LogP contribution is 2.20. The molecule has 3 N–H and O–H groups in total. The molecule has 0 spiro atoms. The van der Waals surface area contributed by atoms with E-state index in [2.05, 4.69) is 0 Å². The fraction of sp³-hybridized carbons (Fsp3) is 0.333. The van der Waals surface area contributed by atoms with Gasteiger partial charge in [-0.25, -0.2) is 26.4 Å². The third-order valence-corrected chi connectivity index (χ3v) is 4.80. The monoisotopic (exact) mass is 296 g/mol. The molecule has 0 unspecified atom stereocenters. The molecule has 9 heteroatoms. The lowest BCUT2D eigenvalue weighted by Crippen LogP contribution is -2.23. The van der Waals surface area contributed by atoms with Crippen molar-refractivity contribution in [3.63, 3.8) is 0 Å². The van der Waals surface area contributed by atoms with E-state index in [1.807, 2.05) is 4.72 Å². The Bertz CT molecular complexity index is 653. The molecule has 102 valence electrons. The van der Waals surface area contributed by atoms with Gasteiger partial charge >= 0.3 is 0 Å². The van der Waals surface area contributed by atoms with Crippen LogP contribution in [0.15, 0.2) is 23.1 Å². The zero-order chi connectivity index (χ0) is 14.1. The van der Waals surface area contributed by atoms with Crippen LogP contribution in [0.1, 0.15) is 13.8 Å². The first kappa shape index (κ1) is 14.9. The molecule has 6 nitrogen and oxygen atoms in total. The molecule has 0 aromatic heterocycles. The Balaban J connectivity index is 3.27. The fourth-order valence-corrected chi connectivity index (χ4v) is 2.27. The van der Waals surface area contributed by atoms with Gasteiger partial charge in [0, 0.05) is 0 Å². The zero-order valence-corrected chi connectivity index (χ0v) is 11.3. The summed E-state index contributed by atoms with van der Waals surface area (Å²) < 4.78 is 60.6. The smallest absolute Gasteiger partial charge is 0.238 e. The van der Waals surface area contributed by atoms with Crippen LogP contribution in [-0.2, 0) is 20.0 Å². The van der Waals surface area contributed by atoms with Gasteiger partial charge in [-0.3, -0.25) is 4.72 Å². The summed E-state index contributed by atoms with van der Waals surface area (Å²) in [5.41, 5.74) is -0.449. The summed E-state index contributed by atoms with van der Waals surface area (Å²) in [7, 11) is -7.78. The highest BCUT2D eigenvalue weighted by molar-refractivity contribution is 7.93. The van der Waals surface area contributed by atoms with E-state index in [4.69, 9.17) is 5.14 Å². The van der Waals surface area contributed by atoms with Gasteiger partial charge in [-0.15, -0.1) is 0 Å². The van der Waals surface area contributed by atoms with Crippen molar-refractivity contribution >= 4 is 25.7 Å². The van der Waals surface area contributed by atoms with Crippen molar-refractivity contribution in [2.45, 2.75) is 24.0 Å². The summed E-state index contributed by atoms with van der Waals surface area (Å²) in [4.78, 5) is -0.370. The molecule has 0 atom stereocenters. The quantitative estimate of drug-likeness (QED) is 0.849. The van der Waals surface area contributed by atoms with Gasteiger partial charge in [0.25, 0.3) is 0 Å². The summed E-state index contributed by atoms with van der Waals surface area (Å²) in [5, 5.41) is 4.09. The van der Waals surface area contributed by atoms with Crippen molar-refractivity contribution in [3.05, 3.63) is 24.0 Å². The minimum absolute atomic E-state index is 0.370. The molecule has 0 aliphatic heterocycles. The van der Waals surface area contributed by atoms with Crippen LogP contribution in [0.4, 0.5) is 10.1 Å². The molecule has 1 rings (SSSR count). The fourth-order valence-electron chi connectivity index (χ4n) is 1.03. The van der Waals surface area contributed by atoms with Gasteiger partial charge in [-0.05, 0) is 32.0 Å². The molecule has 18 heavy (non-hydrogen) atoms. The molecule has 0 aliphatic rings. The number of nitrogens with one attached hydrogen (secondary N) is 1. The molecule has 0 heterocycles. The first-order valence-corrected chi connectivity index (χ1v) is 7.97. The average molecular weight is 296 g/mol. The van der Waals surface area contributed by atoms with Gasteiger partial charge < -0.3 is 0 Å². The lowest BCUT2D eigenvalue weighted by molar-refractivity contribution is 0.588. The number of nitrogens with two attached hydrogens (primary N) is 1. The van der Waals surface area contributed by atoms with E-state index >= 15 is 0 Å². The first-order valence-electron chi connectivity index (χ1n) is 4.88. The molecule has 0 fully saturated rings. The third-order valence-electron chi connectivity index (χ3n) is 2.14. The summed E-state index contributed by atoms with van der Waals surface area (Å²) >= 11 is 0. The maximum atomic E-state index is 13.4. The van der Waals surface area contributed by atoms with Gasteiger partial charge in [0.1, 0.15) is 5.82 Å². The van der Waals surface area contributed by atoms with Crippen molar-refractivity contribution in [1.82, 2.24) is 0 Å². The van der Waals surface area contributed by atoms with Crippen LogP contribution < -0.4 is 9.86 Å². The van der Waals surface area contributed by atoms with Gasteiger partial charge in [0.2, 0.25) is 20.0 Å². The number of sulfonamides is 2. The van der Waals surface area contributed by atoms with E-state index in [-0.39, 0.29) is 4.90 Å². The number of rotatable bonds is 4. The van der Waals surface area contributed by atoms with Gasteiger partial charge in [-0.2, -0.15) is 0 Å². The van der Waals surface area contributed by atoms with E-state index in [0.717, 1.165) is 18.2 Å². The number of anilines is 1. The van der Waals surface area contributed by atoms with E-state index in [1.54, 1.807) is 0 Å². The topological polar surface area (TPSA) is 106 Å². The molecule has 0 saturated carbocycles. The normalized spacial score (nSPS) is 12.7. The lowest BCUT2D eigenvalue weighted by atomic mass is 10.3. The number of halogens is 1. The second-order valence-electron chi connectivity index (χ2n) is 3.88. The van der Waals surface area contributed by atoms with E-state index < -0.39 is 36.8 Å². The first-order chi connectivity index (χ1) is 8.04. The number of hydrogen-bond acceptors (Lipinski definition) is 4. The Morgan fingerprint density at radius 3 is 2.22 bits per heavy atom. The second kappa shape index (κ2) is 4.82. The van der Waals surface area contributed by atoms with Crippen LogP contribution in [0.25, 0.3) is 0 Å². The molecule has 1 aromatic carbocycles. The number of benzene rings is 1. The zero-order valence-electron chi connectivity index (χ0n) is 9.71. The van der Waals surface area contributed by atoms with Crippen LogP contribution in [-0.4, -0.2) is 22.1 Å². The standard InChI is InChI=1S/C9H13FN2O4S2/c1-6(2)18(15,16)12-9-5-7(17(11,13)14)3-4-8(9)10/h3-6,12H,1-2H3,(H2,11,13,14). The molecule has 0 radical (unpaired) electrons. The van der Waals surface area contributed by atoms with Crippen molar-refractivity contribution in [2.24, 2.45) is 5.14 Å². The van der Waals surface area contributed by atoms with Crippen LogP contribution in [0.2, 0.25) is 0 Å². The van der Waals surface area contributed by atoms with E-state index in [1.165, 1.54) is 13.8 Å². The Labute approximate surface area is 105 Å². The Morgan fingerprint density at radius 1 is 1.22 bits per heavy atom. The molecule has 0 bridgehead atoms. The van der Waals surface area contributed by atoms with Crippen LogP contribution in [0.5, 0.6) is 0 Å². The molecular weight excluding hydrogens is 283 g/mol. The second-order valence-corrected chi connectivity index (χ2v) is 7.68. The van der Waals surface area contributed by atoms with Crippen LogP contribution in [0.3, 0.4) is 0 Å². The predicted molar refractivity (Wildman–Crippen MR) is 65.5 cm³/mol. The summed E-state index contributed by atoms with van der Waals surface area (Å²) in [5.74, 6) is -0.883. The Morgan fingerprint density at radius 2 is 1.78 bits per heavy atom. The van der Waals surface area contributed by atoms with Crippen molar-refractivity contribution < 1.29 is 21.2 Å². The highest BCUT2D eigenvalue weighted by Gasteiger charge is 2.19. The SMILES string of the molecule is CC(C)S(=O)(=O)Nc1cc(S(N)(=O)=O)ccc1F. The van der Waals surface area contributed by atoms with Gasteiger partial charge in [0.05, 0.1) is 15.8 Å². The highest BCUT2D eigenvalue weighted by atomic mass is 32.2. The van der Waals surface area contributed by atoms with Crippen molar-refractivity contribution in [1.29, 1.82) is 0 Å². The summed E-state index contributed by atoms with van der Waals surface area (Å²) in [6, 6.07) is 2.63.